The third-order valence-electron chi connectivity index (χ3n) is 8.41. The zero-order valence-electron chi connectivity index (χ0n) is 27.5. The molecule has 2 aromatic carbocycles. The molecule has 0 spiro atoms. The van der Waals surface area contributed by atoms with Crippen LogP contribution in [0.3, 0.4) is 0 Å². The van der Waals surface area contributed by atoms with Gasteiger partial charge in [0.25, 0.3) is 0 Å². The van der Waals surface area contributed by atoms with E-state index in [9.17, 15) is 9.90 Å². The second kappa shape index (κ2) is 15.3. The molecule has 0 aliphatic rings. The summed E-state index contributed by atoms with van der Waals surface area (Å²) in [4.78, 5) is 16.5. The van der Waals surface area contributed by atoms with Gasteiger partial charge in [0.2, 0.25) is 0 Å². The molecule has 0 saturated heterocycles. The Morgan fingerprint density at radius 1 is 0.951 bits per heavy atom. The maximum absolute atomic E-state index is 11.8. The molecule has 0 amide bonds. The van der Waals surface area contributed by atoms with E-state index in [0.717, 1.165) is 29.7 Å². The minimum absolute atomic E-state index is 0. The minimum atomic E-state index is -0.377. The van der Waals surface area contributed by atoms with Crippen molar-refractivity contribution in [1.29, 1.82) is 0 Å². The van der Waals surface area contributed by atoms with Crippen LogP contribution in [0.2, 0.25) is 0 Å². The Bertz CT molecular complexity index is 1330. The first-order valence-electron chi connectivity index (χ1n) is 14.9. The van der Waals surface area contributed by atoms with Gasteiger partial charge in [0.15, 0.2) is 5.78 Å². The van der Waals surface area contributed by atoms with Crippen LogP contribution in [0, 0.1) is 43.6 Å². The fraction of sp³-hybridized carbons (Fsp3) is 0.514. The summed E-state index contributed by atoms with van der Waals surface area (Å²) in [7, 11) is 0. The van der Waals surface area contributed by atoms with Crippen molar-refractivity contribution in [2.45, 2.75) is 108 Å². The number of rotatable bonds is 9. The molecule has 41 heavy (non-hydrogen) atoms. The molecule has 0 fully saturated rings. The summed E-state index contributed by atoms with van der Waals surface area (Å²) in [6.45, 7) is 25.1. The van der Waals surface area contributed by atoms with Gasteiger partial charge >= 0.3 is 0 Å². The van der Waals surface area contributed by atoms with Crippen LogP contribution in [0.25, 0.3) is 22.0 Å². The number of aryl methyl sites for hydroxylation is 3. The maximum Gasteiger partial charge on any atom is 0.164 e. The monoisotopic (exact) mass is 735 g/mol. The Morgan fingerprint density at radius 2 is 1.56 bits per heavy atom. The summed E-state index contributed by atoms with van der Waals surface area (Å²) in [5, 5.41) is 12.4. The van der Waals surface area contributed by atoms with Crippen LogP contribution >= 0.6 is 0 Å². The zero-order chi connectivity index (χ0) is 30.4. The van der Waals surface area contributed by atoms with Crippen LogP contribution in [0.4, 0.5) is 0 Å². The summed E-state index contributed by atoms with van der Waals surface area (Å²) in [5.74, 6) is 1.48. The van der Waals surface area contributed by atoms with Gasteiger partial charge in [-0.25, -0.2) is 0 Å². The fourth-order valence-corrected chi connectivity index (χ4v) is 4.90. The van der Waals surface area contributed by atoms with Crippen molar-refractivity contribution in [2.24, 2.45) is 16.7 Å². The number of hydrogen-bond donors (Lipinski definition) is 1. The van der Waals surface area contributed by atoms with Crippen LogP contribution in [0.1, 0.15) is 110 Å². The van der Waals surface area contributed by atoms with E-state index in [2.05, 4.69) is 77.9 Å². The van der Waals surface area contributed by atoms with Gasteiger partial charge in [-0.3, -0.25) is 4.79 Å². The number of aliphatic hydroxyl groups is 1. The molecule has 0 bridgehead atoms. The van der Waals surface area contributed by atoms with Gasteiger partial charge < -0.3 is 10.1 Å². The van der Waals surface area contributed by atoms with Crippen molar-refractivity contribution in [2.75, 3.05) is 0 Å². The number of ketones is 1. The summed E-state index contributed by atoms with van der Waals surface area (Å²) in [6, 6.07) is 14.5. The predicted molar refractivity (Wildman–Crippen MR) is 172 cm³/mol. The van der Waals surface area contributed by atoms with Crippen molar-refractivity contribution in [1.82, 2.24) is 4.98 Å². The maximum atomic E-state index is 11.8. The molecule has 1 radical (unpaired) electrons. The number of allylic oxidation sites excluding steroid dienone is 2. The number of pyridine rings is 1. The quantitative estimate of drug-likeness (QED) is 0.135. The average molecular weight is 735 g/mol. The van der Waals surface area contributed by atoms with E-state index < -0.39 is 0 Å². The minimum Gasteiger partial charge on any atom is -0.512 e. The van der Waals surface area contributed by atoms with E-state index in [1.54, 1.807) is 0 Å². The number of fused-ring (bicyclic) bond motifs is 1. The smallest absolute Gasteiger partial charge is 0.164 e. The van der Waals surface area contributed by atoms with Gasteiger partial charge in [0.05, 0.1) is 0 Å². The largest absolute Gasteiger partial charge is 0.512 e. The molecule has 3 rings (SSSR count). The summed E-state index contributed by atoms with van der Waals surface area (Å²) < 4.78 is 0. The molecule has 1 unspecified atom stereocenters. The van der Waals surface area contributed by atoms with Crippen molar-refractivity contribution >= 4 is 16.6 Å². The van der Waals surface area contributed by atoms with Gasteiger partial charge in [0.1, 0.15) is 5.76 Å². The topological polar surface area (TPSA) is 50.2 Å². The summed E-state index contributed by atoms with van der Waals surface area (Å²) in [6.07, 6.45) is 6.15. The molecule has 3 aromatic rings. The van der Waals surface area contributed by atoms with Gasteiger partial charge in [-0.1, -0.05) is 88.3 Å². The molecule has 227 valence electrons. The molecule has 0 aliphatic carbocycles. The van der Waals surface area contributed by atoms with E-state index >= 15 is 0 Å². The van der Waals surface area contributed by atoms with Gasteiger partial charge in [-0.05, 0) is 71.7 Å². The van der Waals surface area contributed by atoms with Crippen molar-refractivity contribution in [3.8, 4) is 11.3 Å². The number of aliphatic hydroxyl groups excluding tert-OH is 1. The molecule has 1 heterocycles. The summed E-state index contributed by atoms with van der Waals surface area (Å²) in [5.41, 5.74) is 6.70. The van der Waals surface area contributed by atoms with Crippen molar-refractivity contribution < 1.29 is 30.0 Å². The first-order valence-corrected chi connectivity index (χ1v) is 14.9. The Balaban J connectivity index is 0.000000456. The predicted octanol–water partition coefficient (Wildman–Crippen LogP) is 10.6. The zero-order valence-corrected chi connectivity index (χ0v) is 29.8. The molecule has 1 atom stereocenters. The number of hydrogen-bond acceptors (Lipinski definition) is 3. The first kappa shape index (κ1) is 36.7. The molecule has 1 N–H and O–H groups in total. The SMILES string of the molecule is CCC(C)(C)C(=O)C=C(O)C(C)(C)CC.Cc1[c-]c(-c2nccc3c(C)c(C(C)CC(C)C)ccc23)cc(C)c1.[Ir]. The number of carbonyl (C=O) groups excluding carboxylic acids is 1. The average Bonchev–Trinajstić information content (AvgIpc) is 2.87. The molecule has 0 aliphatic heterocycles. The number of carbonyl (C=O) groups is 1. The second-order valence-electron chi connectivity index (χ2n) is 13.2. The van der Waals surface area contributed by atoms with E-state index in [1.807, 2.05) is 47.7 Å². The second-order valence-corrected chi connectivity index (χ2v) is 13.2. The Labute approximate surface area is 263 Å². The third kappa shape index (κ3) is 9.62. The fourth-order valence-electron chi connectivity index (χ4n) is 4.90. The Hall–Kier alpha value is -2.29. The van der Waals surface area contributed by atoms with E-state index in [-0.39, 0.29) is 42.5 Å². The van der Waals surface area contributed by atoms with E-state index in [0.29, 0.717) is 11.8 Å². The van der Waals surface area contributed by atoms with Crippen LogP contribution in [0.5, 0.6) is 0 Å². The molecule has 3 nitrogen and oxygen atoms in total. The van der Waals surface area contributed by atoms with Gasteiger partial charge in [-0.15, -0.1) is 34.9 Å². The standard InChI is InChI=1S/C24H28N.C13H24O2.Ir/c1-15(2)11-18(5)21-7-8-23-22(19(21)6)9-10-25-24(23)20-13-16(3)12-17(4)14-20;1-7-12(3,4)10(14)9-11(15)13(5,6)8-2;/h7-10,12-13,15,18H,11H2,1-6H3;9,14H,7-8H2,1-6H3;/q-1;;. The Kier molecular flexibility index (Phi) is 13.7. The van der Waals surface area contributed by atoms with Crippen LogP contribution < -0.4 is 0 Å². The van der Waals surface area contributed by atoms with E-state index in [4.69, 9.17) is 4.98 Å². The first-order chi connectivity index (χ1) is 18.5. The van der Waals surface area contributed by atoms with Crippen LogP contribution in [-0.2, 0) is 24.9 Å². The van der Waals surface area contributed by atoms with Crippen LogP contribution in [-0.4, -0.2) is 15.9 Å². The molecular weight excluding hydrogens is 683 g/mol. The van der Waals surface area contributed by atoms with Gasteiger partial charge in [0, 0.05) is 43.2 Å². The van der Waals surface area contributed by atoms with Gasteiger partial charge in [-0.2, -0.15) is 0 Å². The molecule has 4 heteroatoms. The summed E-state index contributed by atoms with van der Waals surface area (Å²) >= 11 is 0. The van der Waals surface area contributed by atoms with Crippen molar-refractivity contribution in [3.63, 3.8) is 0 Å². The number of benzene rings is 2. The van der Waals surface area contributed by atoms with Crippen LogP contribution in [0.15, 0.2) is 48.4 Å². The molecular formula is C37H52IrNO2-. The van der Waals surface area contributed by atoms with Crippen molar-refractivity contribution in [3.05, 3.63) is 76.7 Å². The number of aromatic nitrogens is 1. The van der Waals surface area contributed by atoms with E-state index in [1.165, 1.54) is 40.0 Å². The Morgan fingerprint density at radius 3 is 2.10 bits per heavy atom. The molecule has 0 saturated carbocycles. The third-order valence-corrected chi connectivity index (χ3v) is 8.41. The molecule has 1 aromatic heterocycles. The normalized spacial score (nSPS) is 13.0. The number of nitrogens with zero attached hydrogens (tertiary/aromatic N) is 1.